The fourth-order valence-corrected chi connectivity index (χ4v) is 2.79. The number of rotatable bonds is 5. The van der Waals surface area contributed by atoms with Crippen LogP contribution in [-0.4, -0.2) is 6.54 Å². The highest BCUT2D eigenvalue weighted by Crippen LogP contribution is 2.27. The van der Waals surface area contributed by atoms with E-state index < -0.39 is 0 Å². The first-order valence-corrected chi connectivity index (χ1v) is 7.63. The van der Waals surface area contributed by atoms with Gasteiger partial charge in [-0.2, -0.15) is 0 Å². The van der Waals surface area contributed by atoms with Crippen LogP contribution in [0.3, 0.4) is 0 Å². The molecule has 1 N–H and O–H groups in total. The molecule has 2 rings (SSSR count). The maximum Gasteiger partial charge on any atom is 0.123 e. The quantitative estimate of drug-likeness (QED) is 0.820. The standard InChI is InChI=1S/C18H21ClFN/c1-4-21-18(11-14-5-7-15(20)8-6-14)16-9-13(3)17(19)10-12(16)2/h5-10,18,21H,4,11H2,1-3H3. The van der Waals surface area contributed by atoms with Gasteiger partial charge < -0.3 is 5.32 Å². The van der Waals surface area contributed by atoms with E-state index in [0.29, 0.717) is 0 Å². The second-order valence-corrected chi connectivity index (χ2v) is 5.81. The maximum atomic E-state index is 13.0. The van der Waals surface area contributed by atoms with E-state index in [9.17, 15) is 4.39 Å². The molecule has 0 aliphatic carbocycles. The maximum absolute atomic E-state index is 13.0. The fourth-order valence-electron chi connectivity index (χ4n) is 2.57. The molecule has 0 fully saturated rings. The molecule has 1 unspecified atom stereocenters. The Bertz CT molecular complexity index is 607. The van der Waals surface area contributed by atoms with Gasteiger partial charge in [-0.25, -0.2) is 4.39 Å². The fraction of sp³-hybridized carbons (Fsp3) is 0.333. The highest BCUT2D eigenvalue weighted by atomic mass is 35.5. The van der Waals surface area contributed by atoms with Gasteiger partial charge >= 0.3 is 0 Å². The number of halogens is 2. The molecule has 112 valence electrons. The van der Waals surface area contributed by atoms with Crippen molar-refractivity contribution < 1.29 is 4.39 Å². The van der Waals surface area contributed by atoms with E-state index in [1.807, 2.05) is 25.1 Å². The molecule has 2 aromatic rings. The lowest BCUT2D eigenvalue weighted by Crippen LogP contribution is -2.24. The molecule has 0 bridgehead atoms. The summed E-state index contributed by atoms with van der Waals surface area (Å²) in [6.45, 7) is 7.07. The largest absolute Gasteiger partial charge is 0.310 e. The summed E-state index contributed by atoms with van der Waals surface area (Å²) in [5, 5.41) is 4.31. The summed E-state index contributed by atoms with van der Waals surface area (Å²) < 4.78 is 13.0. The molecule has 0 aromatic heterocycles. The van der Waals surface area contributed by atoms with Crippen LogP contribution in [-0.2, 0) is 6.42 Å². The normalized spacial score (nSPS) is 12.4. The number of nitrogens with one attached hydrogen (secondary N) is 1. The van der Waals surface area contributed by atoms with E-state index in [0.717, 1.165) is 29.1 Å². The molecule has 0 radical (unpaired) electrons. The van der Waals surface area contributed by atoms with Crippen molar-refractivity contribution in [2.24, 2.45) is 0 Å². The van der Waals surface area contributed by atoms with Gasteiger partial charge in [0.2, 0.25) is 0 Å². The summed E-state index contributed by atoms with van der Waals surface area (Å²) in [5.74, 6) is -0.197. The smallest absolute Gasteiger partial charge is 0.123 e. The highest BCUT2D eigenvalue weighted by molar-refractivity contribution is 6.31. The Balaban J connectivity index is 2.30. The van der Waals surface area contributed by atoms with Crippen molar-refractivity contribution >= 4 is 11.6 Å². The van der Waals surface area contributed by atoms with E-state index in [2.05, 4.69) is 25.2 Å². The Morgan fingerprint density at radius 3 is 2.38 bits per heavy atom. The zero-order chi connectivity index (χ0) is 15.4. The van der Waals surface area contributed by atoms with Crippen LogP contribution in [0.25, 0.3) is 0 Å². The van der Waals surface area contributed by atoms with Crippen LogP contribution >= 0.6 is 11.6 Å². The Morgan fingerprint density at radius 2 is 1.76 bits per heavy atom. The Labute approximate surface area is 131 Å². The van der Waals surface area contributed by atoms with Crippen molar-refractivity contribution in [3.63, 3.8) is 0 Å². The van der Waals surface area contributed by atoms with Crippen LogP contribution in [0.15, 0.2) is 36.4 Å². The van der Waals surface area contributed by atoms with Gasteiger partial charge in [0.15, 0.2) is 0 Å². The van der Waals surface area contributed by atoms with Gasteiger partial charge in [-0.05, 0) is 67.3 Å². The average molecular weight is 306 g/mol. The predicted molar refractivity (Wildman–Crippen MR) is 87.4 cm³/mol. The van der Waals surface area contributed by atoms with Crippen LogP contribution < -0.4 is 5.32 Å². The minimum Gasteiger partial charge on any atom is -0.310 e. The van der Waals surface area contributed by atoms with Crippen molar-refractivity contribution in [3.8, 4) is 0 Å². The van der Waals surface area contributed by atoms with Crippen LogP contribution in [0.5, 0.6) is 0 Å². The zero-order valence-corrected chi connectivity index (χ0v) is 13.5. The molecular formula is C18H21ClFN. The van der Waals surface area contributed by atoms with E-state index in [1.165, 1.54) is 23.3 Å². The lowest BCUT2D eigenvalue weighted by Gasteiger charge is -2.21. The van der Waals surface area contributed by atoms with Crippen LogP contribution in [0, 0.1) is 19.7 Å². The molecule has 0 aliphatic rings. The number of benzene rings is 2. The van der Waals surface area contributed by atoms with Gasteiger partial charge in [-0.15, -0.1) is 0 Å². The first-order chi connectivity index (χ1) is 10.0. The van der Waals surface area contributed by atoms with E-state index in [1.54, 1.807) is 0 Å². The second-order valence-electron chi connectivity index (χ2n) is 5.40. The first-order valence-electron chi connectivity index (χ1n) is 7.25. The minimum absolute atomic E-state index is 0.197. The second kappa shape index (κ2) is 7.06. The van der Waals surface area contributed by atoms with Crippen LogP contribution in [0.4, 0.5) is 4.39 Å². The third kappa shape index (κ3) is 4.05. The number of aryl methyl sites for hydroxylation is 2. The molecule has 0 amide bonds. The summed E-state index contributed by atoms with van der Waals surface area (Å²) in [4.78, 5) is 0. The van der Waals surface area contributed by atoms with Gasteiger partial charge in [-0.1, -0.05) is 36.7 Å². The summed E-state index contributed by atoms with van der Waals surface area (Å²) >= 11 is 6.18. The molecule has 1 atom stereocenters. The number of likely N-dealkylation sites (N-methyl/N-ethyl adjacent to an activating group) is 1. The third-order valence-electron chi connectivity index (χ3n) is 3.73. The number of hydrogen-bond donors (Lipinski definition) is 1. The van der Waals surface area contributed by atoms with E-state index in [-0.39, 0.29) is 11.9 Å². The third-order valence-corrected chi connectivity index (χ3v) is 4.13. The van der Waals surface area contributed by atoms with Gasteiger partial charge in [0.1, 0.15) is 5.82 Å². The summed E-state index contributed by atoms with van der Waals surface area (Å²) in [6.07, 6.45) is 0.829. The Morgan fingerprint density at radius 1 is 1.10 bits per heavy atom. The minimum atomic E-state index is -0.197. The van der Waals surface area contributed by atoms with Crippen molar-refractivity contribution in [1.29, 1.82) is 0 Å². The highest BCUT2D eigenvalue weighted by Gasteiger charge is 2.15. The molecule has 0 aliphatic heterocycles. The molecule has 0 saturated carbocycles. The SMILES string of the molecule is CCNC(Cc1ccc(F)cc1)c1cc(C)c(Cl)cc1C. The van der Waals surface area contributed by atoms with Crippen molar-refractivity contribution in [2.75, 3.05) is 6.54 Å². The van der Waals surface area contributed by atoms with Crippen LogP contribution in [0.1, 0.15) is 35.2 Å². The first kappa shape index (κ1) is 16.0. The van der Waals surface area contributed by atoms with E-state index in [4.69, 9.17) is 11.6 Å². The number of hydrogen-bond acceptors (Lipinski definition) is 1. The van der Waals surface area contributed by atoms with Crippen molar-refractivity contribution in [2.45, 2.75) is 33.2 Å². The molecular weight excluding hydrogens is 285 g/mol. The molecule has 1 nitrogen and oxygen atoms in total. The monoisotopic (exact) mass is 305 g/mol. The lowest BCUT2D eigenvalue weighted by molar-refractivity contribution is 0.546. The summed E-state index contributed by atoms with van der Waals surface area (Å²) in [6, 6.07) is 11.1. The molecule has 2 aromatic carbocycles. The van der Waals surface area contributed by atoms with Crippen molar-refractivity contribution in [1.82, 2.24) is 5.32 Å². The van der Waals surface area contributed by atoms with Gasteiger partial charge in [0, 0.05) is 11.1 Å². The summed E-state index contributed by atoms with van der Waals surface area (Å²) in [5.41, 5.74) is 4.63. The van der Waals surface area contributed by atoms with Gasteiger partial charge in [-0.3, -0.25) is 0 Å². The van der Waals surface area contributed by atoms with Crippen molar-refractivity contribution in [3.05, 3.63) is 69.5 Å². The topological polar surface area (TPSA) is 12.0 Å². The lowest BCUT2D eigenvalue weighted by atomic mass is 9.94. The molecule has 0 saturated heterocycles. The predicted octanol–water partition coefficient (Wildman–Crippen LogP) is 4.99. The molecule has 0 heterocycles. The molecule has 21 heavy (non-hydrogen) atoms. The summed E-state index contributed by atoms with van der Waals surface area (Å²) in [7, 11) is 0. The van der Waals surface area contributed by atoms with Gasteiger partial charge in [0.25, 0.3) is 0 Å². The Hall–Kier alpha value is -1.38. The average Bonchev–Trinajstić information content (AvgIpc) is 2.45. The van der Waals surface area contributed by atoms with Crippen LogP contribution in [0.2, 0.25) is 5.02 Å². The zero-order valence-electron chi connectivity index (χ0n) is 12.7. The van der Waals surface area contributed by atoms with Gasteiger partial charge in [0.05, 0.1) is 0 Å². The molecule has 3 heteroatoms. The Kier molecular flexibility index (Phi) is 5.38. The van der Waals surface area contributed by atoms with E-state index >= 15 is 0 Å². The molecule has 0 spiro atoms.